The van der Waals surface area contributed by atoms with E-state index in [1.165, 1.54) is 6.42 Å². The molecule has 1 atom stereocenters. The van der Waals surface area contributed by atoms with Crippen LogP contribution >= 0.6 is 34.7 Å². The molecule has 0 saturated heterocycles. The van der Waals surface area contributed by atoms with Crippen molar-refractivity contribution in [3.8, 4) is 5.75 Å². The Morgan fingerprint density at radius 1 is 1.03 bits per heavy atom. The van der Waals surface area contributed by atoms with Crippen LogP contribution in [0.25, 0.3) is 0 Å². The zero-order chi connectivity index (χ0) is 22.7. The second kappa shape index (κ2) is 10.4. The van der Waals surface area contributed by atoms with E-state index in [1.54, 1.807) is 29.2 Å². The van der Waals surface area contributed by atoms with E-state index in [9.17, 15) is 14.7 Å². The number of phenolic OH excluding ortho intramolecular Hbond substituents is 1. The van der Waals surface area contributed by atoms with Crippen molar-refractivity contribution >= 4 is 46.5 Å². The minimum Gasteiger partial charge on any atom is -0.508 e. The lowest BCUT2D eigenvalue weighted by molar-refractivity contribution is -0.127. The zero-order valence-corrected chi connectivity index (χ0v) is 20.1. The normalized spacial score (nSPS) is 18.4. The molecule has 32 heavy (non-hydrogen) atoms. The van der Waals surface area contributed by atoms with Gasteiger partial charge in [-0.15, -0.1) is 0 Å². The van der Waals surface area contributed by atoms with Gasteiger partial charge in [-0.3, -0.25) is 9.59 Å². The van der Waals surface area contributed by atoms with Gasteiger partial charge >= 0.3 is 0 Å². The van der Waals surface area contributed by atoms with Crippen molar-refractivity contribution in [1.82, 2.24) is 14.6 Å². The number of hydrogen-bond acceptors (Lipinski definition) is 5. The number of nitrogens with one attached hydrogen (secondary N) is 1. The number of nitrogens with zero attached hydrogens (tertiary/aromatic N) is 2. The highest BCUT2D eigenvalue weighted by molar-refractivity contribution is 7.11. The van der Waals surface area contributed by atoms with Gasteiger partial charge in [0.1, 0.15) is 21.2 Å². The van der Waals surface area contributed by atoms with Crippen molar-refractivity contribution in [3.63, 3.8) is 0 Å². The number of benzene rings is 1. The van der Waals surface area contributed by atoms with Crippen LogP contribution in [0, 0.1) is 0 Å². The van der Waals surface area contributed by atoms with E-state index in [2.05, 4.69) is 9.69 Å². The zero-order valence-electron chi connectivity index (χ0n) is 17.7. The van der Waals surface area contributed by atoms with Crippen LogP contribution in [-0.2, 0) is 4.79 Å². The molecule has 4 rings (SSSR count). The second-order valence-electron chi connectivity index (χ2n) is 8.61. The summed E-state index contributed by atoms with van der Waals surface area (Å²) in [5.74, 6) is -0.490. The summed E-state index contributed by atoms with van der Waals surface area (Å²) in [5.41, 5.74) is 0.733. The number of carbonyl (C=O) groups is 2. The van der Waals surface area contributed by atoms with E-state index >= 15 is 0 Å². The molecule has 2 amide bonds. The van der Waals surface area contributed by atoms with Crippen molar-refractivity contribution in [2.24, 2.45) is 0 Å². The van der Waals surface area contributed by atoms with Crippen LogP contribution < -0.4 is 5.32 Å². The molecule has 0 unspecified atom stereocenters. The number of aromatic nitrogens is 1. The third-order valence-electron chi connectivity index (χ3n) is 6.44. The molecule has 2 aromatic rings. The predicted molar refractivity (Wildman–Crippen MR) is 126 cm³/mol. The average molecular weight is 496 g/mol. The molecule has 1 heterocycles. The summed E-state index contributed by atoms with van der Waals surface area (Å²) in [6, 6.07) is 5.64. The molecule has 0 spiro atoms. The van der Waals surface area contributed by atoms with E-state index in [0.29, 0.717) is 5.56 Å². The largest absolute Gasteiger partial charge is 0.508 e. The number of hydrogen-bond donors (Lipinski definition) is 2. The quantitative estimate of drug-likeness (QED) is 0.535. The van der Waals surface area contributed by atoms with Crippen LogP contribution in [0.4, 0.5) is 0 Å². The Bertz CT molecular complexity index is 954. The molecule has 6 nitrogen and oxygen atoms in total. The summed E-state index contributed by atoms with van der Waals surface area (Å²) in [4.78, 5) is 29.1. The first-order valence-corrected chi connectivity index (χ1v) is 12.7. The Hall–Kier alpha value is -1.83. The average Bonchev–Trinajstić information content (AvgIpc) is 3.43. The Morgan fingerprint density at radius 3 is 2.25 bits per heavy atom. The van der Waals surface area contributed by atoms with Crippen molar-refractivity contribution in [2.75, 3.05) is 0 Å². The van der Waals surface area contributed by atoms with E-state index in [-0.39, 0.29) is 44.7 Å². The smallest absolute Gasteiger partial charge is 0.276 e. The SMILES string of the molecule is O=C(NC1CCCCC1)[C@@H](c1ccc(O)cc1)N(C(=O)c1nsc(Cl)c1Cl)C1CCCC1. The molecule has 1 aromatic carbocycles. The fourth-order valence-corrected chi connectivity index (χ4v) is 5.80. The van der Waals surface area contributed by atoms with Gasteiger partial charge in [-0.05, 0) is 54.9 Å². The molecule has 0 bridgehead atoms. The van der Waals surface area contributed by atoms with Crippen LogP contribution in [0.15, 0.2) is 24.3 Å². The Kier molecular flexibility index (Phi) is 7.59. The van der Waals surface area contributed by atoms with E-state index < -0.39 is 6.04 Å². The first-order chi connectivity index (χ1) is 15.5. The molecule has 172 valence electrons. The second-order valence-corrected chi connectivity index (χ2v) is 10.4. The van der Waals surface area contributed by atoms with Crippen LogP contribution in [0.5, 0.6) is 5.75 Å². The maximum atomic E-state index is 13.7. The Balaban J connectivity index is 1.73. The molecule has 9 heteroatoms. The van der Waals surface area contributed by atoms with Gasteiger partial charge in [-0.25, -0.2) is 0 Å². The molecule has 0 radical (unpaired) electrons. The van der Waals surface area contributed by atoms with Gasteiger partial charge in [0.05, 0.1) is 0 Å². The van der Waals surface area contributed by atoms with Crippen molar-refractivity contribution < 1.29 is 14.7 Å². The highest BCUT2D eigenvalue weighted by Gasteiger charge is 2.40. The Morgan fingerprint density at radius 2 is 1.66 bits per heavy atom. The molecule has 2 aliphatic rings. The van der Waals surface area contributed by atoms with Crippen LogP contribution in [-0.4, -0.2) is 38.3 Å². The Labute approximate surface area is 202 Å². The molecular formula is C23H27Cl2N3O3S. The summed E-state index contributed by atoms with van der Waals surface area (Å²) in [7, 11) is 0. The molecule has 2 aliphatic carbocycles. The summed E-state index contributed by atoms with van der Waals surface area (Å²) < 4.78 is 4.45. The first kappa shape index (κ1) is 23.3. The van der Waals surface area contributed by atoms with E-state index in [0.717, 1.165) is 62.9 Å². The van der Waals surface area contributed by atoms with Gasteiger partial charge in [0.2, 0.25) is 5.91 Å². The lowest BCUT2D eigenvalue weighted by atomic mass is 9.94. The fraction of sp³-hybridized carbons (Fsp3) is 0.522. The number of rotatable bonds is 6. The lowest BCUT2D eigenvalue weighted by Crippen LogP contribution is -2.50. The van der Waals surface area contributed by atoms with Crippen LogP contribution in [0.3, 0.4) is 0 Å². The maximum absolute atomic E-state index is 13.7. The van der Waals surface area contributed by atoms with Crippen molar-refractivity contribution in [1.29, 1.82) is 0 Å². The van der Waals surface area contributed by atoms with Crippen molar-refractivity contribution in [3.05, 3.63) is 44.9 Å². The van der Waals surface area contributed by atoms with Crippen LogP contribution in [0.1, 0.15) is 79.9 Å². The molecule has 0 aliphatic heterocycles. The molecular weight excluding hydrogens is 469 g/mol. The minimum absolute atomic E-state index is 0.0859. The highest BCUT2D eigenvalue weighted by Crippen LogP contribution is 2.37. The summed E-state index contributed by atoms with van der Waals surface area (Å²) in [6.45, 7) is 0. The molecule has 2 N–H and O–H groups in total. The first-order valence-electron chi connectivity index (χ1n) is 11.2. The summed E-state index contributed by atoms with van der Waals surface area (Å²) in [5, 5.41) is 13.1. The highest BCUT2D eigenvalue weighted by atomic mass is 35.5. The van der Waals surface area contributed by atoms with Crippen LogP contribution in [0.2, 0.25) is 9.36 Å². The number of aromatic hydroxyl groups is 1. The lowest BCUT2D eigenvalue weighted by Gasteiger charge is -2.37. The summed E-state index contributed by atoms with van der Waals surface area (Å²) in [6.07, 6.45) is 8.86. The number of halogens is 2. The van der Waals surface area contributed by atoms with Gasteiger partial charge in [-0.2, -0.15) is 4.37 Å². The van der Waals surface area contributed by atoms with Gasteiger partial charge in [0.15, 0.2) is 5.69 Å². The maximum Gasteiger partial charge on any atom is 0.276 e. The number of phenols is 1. The van der Waals surface area contributed by atoms with Gasteiger partial charge in [0, 0.05) is 12.1 Å². The number of amides is 2. The fourth-order valence-electron chi connectivity index (χ4n) is 4.81. The van der Waals surface area contributed by atoms with E-state index in [4.69, 9.17) is 23.2 Å². The van der Waals surface area contributed by atoms with Gasteiger partial charge in [-0.1, -0.05) is 67.4 Å². The molecule has 2 fully saturated rings. The van der Waals surface area contributed by atoms with Gasteiger partial charge < -0.3 is 15.3 Å². The molecule has 1 aromatic heterocycles. The van der Waals surface area contributed by atoms with Crippen molar-refractivity contribution in [2.45, 2.75) is 75.9 Å². The summed E-state index contributed by atoms with van der Waals surface area (Å²) >= 11 is 13.4. The minimum atomic E-state index is -0.843. The topological polar surface area (TPSA) is 82.5 Å². The monoisotopic (exact) mass is 495 g/mol. The molecule has 2 saturated carbocycles. The van der Waals surface area contributed by atoms with E-state index in [1.807, 2.05) is 0 Å². The standard InChI is InChI=1S/C23H27Cl2N3O3S/c24-18-19(27-32-21(18)25)23(31)28(16-8-4-5-9-16)20(14-10-12-17(29)13-11-14)22(30)26-15-6-2-1-3-7-15/h10-13,15-16,20,29H,1-9H2,(H,26,30)/t20-/m1/s1. The third-order valence-corrected chi connectivity index (χ3v) is 8.05. The third kappa shape index (κ3) is 5.05. The number of carbonyl (C=O) groups excluding carboxylic acids is 2. The van der Waals surface area contributed by atoms with Gasteiger partial charge in [0.25, 0.3) is 5.91 Å². The predicted octanol–water partition coefficient (Wildman–Crippen LogP) is 5.73.